The predicted molar refractivity (Wildman–Crippen MR) is 69.6 cm³/mol. The Hall–Kier alpha value is -0.200. The van der Waals surface area contributed by atoms with E-state index in [-0.39, 0.29) is 11.7 Å². The first-order valence-corrected chi connectivity index (χ1v) is 6.60. The molecule has 0 aliphatic carbocycles. The van der Waals surface area contributed by atoms with Crippen LogP contribution in [0.1, 0.15) is 34.1 Å². The van der Waals surface area contributed by atoms with Crippen molar-refractivity contribution >= 4 is 0 Å². The van der Waals surface area contributed by atoms with E-state index in [1.807, 2.05) is 27.7 Å². The van der Waals surface area contributed by atoms with Crippen LogP contribution in [0, 0.1) is 0 Å². The molecule has 0 aromatic carbocycles. The van der Waals surface area contributed by atoms with Crippen LogP contribution >= 0.6 is 0 Å². The summed E-state index contributed by atoms with van der Waals surface area (Å²) in [6, 6.07) is 0. The smallest absolute Gasteiger partial charge is 0.105 e. The molecule has 5 nitrogen and oxygen atoms in total. The molecule has 1 aliphatic rings. The minimum Gasteiger partial charge on any atom is -0.389 e. The van der Waals surface area contributed by atoms with Crippen molar-refractivity contribution in [2.45, 2.75) is 57.5 Å². The molecule has 0 saturated carbocycles. The minimum absolute atomic E-state index is 0.159. The van der Waals surface area contributed by atoms with Crippen molar-refractivity contribution in [2.24, 2.45) is 0 Å². The fraction of sp³-hybridized carbons (Fsp3) is 1.00. The molecule has 108 valence electrons. The topological polar surface area (TPSA) is 71.0 Å². The van der Waals surface area contributed by atoms with Gasteiger partial charge in [0.2, 0.25) is 0 Å². The van der Waals surface area contributed by atoms with Crippen LogP contribution in [0.4, 0.5) is 0 Å². The highest BCUT2D eigenvalue weighted by molar-refractivity contribution is 4.91. The SMILES string of the molecule is CC1OCCC1(O)CNCC(O)COC(C)(C)C. The minimum atomic E-state index is -0.815. The summed E-state index contributed by atoms with van der Waals surface area (Å²) in [5, 5.41) is 23.0. The first-order valence-electron chi connectivity index (χ1n) is 6.60. The molecule has 3 N–H and O–H groups in total. The maximum Gasteiger partial charge on any atom is 0.105 e. The van der Waals surface area contributed by atoms with Crippen molar-refractivity contribution in [3.8, 4) is 0 Å². The maximum atomic E-state index is 10.2. The van der Waals surface area contributed by atoms with Crippen molar-refractivity contribution in [1.29, 1.82) is 0 Å². The lowest BCUT2D eigenvalue weighted by Crippen LogP contribution is -2.48. The fourth-order valence-electron chi connectivity index (χ4n) is 1.86. The first kappa shape index (κ1) is 15.9. The van der Waals surface area contributed by atoms with E-state index in [1.54, 1.807) is 0 Å². The van der Waals surface area contributed by atoms with Crippen LogP contribution in [0.5, 0.6) is 0 Å². The fourth-order valence-corrected chi connectivity index (χ4v) is 1.86. The van der Waals surface area contributed by atoms with Gasteiger partial charge >= 0.3 is 0 Å². The number of aliphatic hydroxyl groups is 2. The zero-order valence-corrected chi connectivity index (χ0v) is 11.9. The Kier molecular flexibility index (Phi) is 5.55. The summed E-state index contributed by atoms with van der Waals surface area (Å²) in [7, 11) is 0. The van der Waals surface area contributed by atoms with Crippen molar-refractivity contribution < 1.29 is 19.7 Å². The molecule has 5 heteroatoms. The third-order valence-corrected chi connectivity index (χ3v) is 3.18. The van der Waals surface area contributed by atoms with Crippen molar-refractivity contribution in [3.63, 3.8) is 0 Å². The molecule has 18 heavy (non-hydrogen) atoms. The Morgan fingerprint density at radius 2 is 2.17 bits per heavy atom. The molecule has 1 aliphatic heterocycles. The normalized spacial score (nSPS) is 30.7. The average molecular weight is 261 g/mol. The molecule has 0 amide bonds. The molecule has 0 spiro atoms. The zero-order valence-electron chi connectivity index (χ0n) is 11.9. The standard InChI is InChI=1S/C13H27NO4/c1-10-13(16,5-6-17-10)9-14-7-11(15)8-18-12(2,3)4/h10-11,14-16H,5-9H2,1-4H3. The summed E-state index contributed by atoms with van der Waals surface area (Å²) in [5.41, 5.74) is -1.06. The Bertz CT molecular complexity index is 254. The quantitative estimate of drug-likeness (QED) is 0.641. The van der Waals surface area contributed by atoms with Gasteiger partial charge in [-0.3, -0.25) is 0 Å². The third-order valence-electron chi connectivity index (χ3n) is 3.18. The van der Waals surface area contributed by atoms with Crippen molar-refractivity contribution in [3.05, 3.63) is 0 Å². The highest BCUT2D eigenvalue weighted by atomic mass is 16.5. The van der Waals surface area contributed by atoms with E-state index in [9.17, 15) is 10.2 Å². The Balaban J connectivity index is 2.17. The van der Waals surface area contributed by atoms with Gasteiger partial charge in [-0.25, -0.2) is 0 Å². The molecular weight excluding hydrogens is 234 g/mol. The lowest BCUT2D eigenvalue weighted by Gasteiger charge is -2.27. The molecule has 0 radical (unpaired) electrons. The molecule has 1 rings (SSSR count). The highest BCUT2D eigenvalue weighted by Gasteiger charge is 2.39. The van der Waals surface area contributed by atoms with Crippen LogP contribution in [-0.2, 0) is 9.47 Å². The van der Waals surface area contributed by atoms with Gasteiger partial charge in [0.15, 0.2) is 0 Å². The monoisotopic (exact) mass is 261 g/mol. The summed E-state index contributed by atoms with van der Waals surface area (Å²) in [6.07, 6.45) is -0.0890. The molecule has 1 heterocycles. The second-order valence-corrected chi connectivity index (χ2v) is 6.07. The van der Waals surface area contributed by atoms with Crippen LogP contribution in [0.25, 0.3) is 0 Å². The number of hydrogen-bond donors (Lipinski definition) is 3. The van der Waals surface area contributed by atoms with Gasteiger partial charge < -0.3 is 25.0 Å². The predicted octanol–water partition coefficient (Wildman–Crippen LogP) is 0.292. The lowest BCUT2D eigenvalue weighted by atomic mass is 9.97. The molecule has 1 saturated heterocycles. The number of ether oxygens (including phenoxy) is 2. The van der Waals surface area contributed by atoms with Gasteiger partial charge in [-0.2, -0.15) is 0 Å². The van der Waals surface area contributed by atoms with Gasteiger partial charge in [-0.15, -0.1) is 0 Å². The van der Waals surface area contributed by atoms with Gasteiger partial charge in [0.1, 0.15) is 5.60 Å². The average Bonchev–Trinajstić information content (AvgIpc) is 2.56. The maximum absolute atomic E-state index is 10.2. The Labute approximate surface area is 109 Å². The summed E-state index contributed by atoms with van der Waals surface area (Å²) in [4.78, 5) is 0. The van der Waals surface area contributed by atoms with E-state index in [0.717, 1.165) is 0 Å². The van der Waals surface area contributed by atoms with Crippen molar-refractivity contribution in [1.82, 2.24) is 5.32 Å². The van der Waals surface area contributed by atoms with Gasteiger partial charge in [-0.1, -0.05) is 0 Å². The van der Waals surface area contributed by atoms with E-state index in [1.165, 1.54) is 0 Å². The largest absolute Gasteiger partial charge is 0.389 e. The van der Waals surface area contributed by atoms with E-state index >= 15 is 0 Å². The number of rotatable bonds is 6. The van der Waals surface area contributed by atoms with E-state index in [0.29, 0.717) is 32.7 Å². The number of nitrogens with one attached hydrogen (secondary N) is 1. The number of aliphatic hydroxyl groups excluding tert-OH is 1. The van der Waals surface area contributed by atoms with Crippen LogP contribution < -0.4 is 5.32 Å². The van der Waals surface area contributed by atoms with E-state index in [2.05, 4.69) is 5.32 Å². The van der Waals surface area contributed by atoms with Gasteiger partial charge in [0.05, 0.1) is 24.4 Å². The van der Waals surface area contributed by atoms with Crippen LogP contribution in [-0.4, -0.2) is 59.9 Å². The van der Waals surface area contributed by atoms with Crippen LogP contribution in [0.3, 0.4) is 0 Å². The van der Waals surface area contributed by atoms with Crippen molar-refractivity contribution in [2.75, 3.05) is 26.3 Å². The molecule has 0 bridgehead atoms. The molecule has 1 fully saturated rings. The molecule has 0 aromatic rings. The Morgan fingerprint density at radius 3 is 2.67 bits per heavy atom. The summed E-state index contributed by atoms with van der Waals surface area (Å²) in [6.45, 7) is 9.45. The van der Waals surface area contributed by atoms with E-state index < -0.39 is 11.7 Å². The van der Waals surface area contributed by atoms with Crippen LogP contribution in [0.2, 0.25) is 0 Å². The van der Waals surface area contributed by atoms with Crippen LogP contribution in [0.15, 0.2) is 0 Å². The summed E-state index contributed by atoms with van der Waals surface area (Å²) >= 11 is 0. The molecular formula is C13H27NO4. The molecule has 3 atom stereocenters. The summed E-state index contributed by atoms with van der Waals surface area (Å²) < 4.78 is 10.8. The third kappa shape index (κ3) is 5.20. The Morgan fingerprint density at radius 1 is 1.50 bits per heavy atom. The molecule has 0 aromatic heterocycles. The van der Waals surface area contributed by atoms with Gasteiger partial charge in [0, 0.05) is 26.1 Å². The zero-order chi connectivity index (χ0) is 13.8. The summed E-state index contributed by atoms with van der Waals surface area (Å²) in [5.74, 6) is 0. The highest BCUT2D eigenvalue weighted by Crippen LogP contribution is 2.24. The van der Waals surface area contributed by atoms with Gasteiger partial charge in [-0.05, 0) is 27.7 Å². The second kappa shape index (κ2) is 6.30. The number of hydrogen-bond acceptors (Lipinski definition) is 5. The molecule has 3 unspecified atom stereocenters. The first-order chi connectivity index (χ1) is 8.23. The second-order valence-electron chi connectivity index (χ2n) is 6.07. The lowest BCUT2D eigenvalue weighted by molar-refractivity contribution is -0.0524. The van der Waals surface area contributed by atoms with E-state index in [4.69, 9.17) is 9.47 Å². The van der Waals surface area contributed by atoms with Gasteiger partial charge in [0.25, 0.3) is 0 Å².